The summed E-state index contributed by atoms with van der Waals surface area (Å²) >= 11 is 5.99. The van der Waals surface area contributed by atoms with Gasteiger partial charge in [-0.05, 0) is 30.3 Å². The molecule has 0 unspecified atom stereocenters. The van der Waals surface area contributed by atoms with Crippen molar-refractivity contribution in [2.75, 3.05) is 5.73 Å². The number of nitrogens with zero attached hydrogens (tertiary/aromatic N) is 3. The average molecular weight is 295 g/mol. The first kappa shape index (κ1) is 13.2. The number of nitrogen functional groups attached to an aromatic ring is 1. The monoisotopic (exact) mass is 294 g/mol. The molecule has 0 radical (unpaired) electrons. The van der Waals surface area contributed by atoms with Gasteiger partial charge in [-0.1, -0.05) is 29.8 Å². The molecule has 0 spiro atoms. The zero-order valence-electron chi connectivity index (χ0n) is 11.0. The second-order valence-electron chi connectivity index (χ2n) is 4.55. The average Bonchev–Trinajstić information content (AvgIpc) is 2.89. The van der Waals surface area contributed by atoms with Crippen LogP contribution in [0, 0.1) is 11.3 Å². The van der Waals surface area contributed by atoms with E-state index < -0.39 is 0 Å². The smallest absolute Gasteiger partial charge is 0.116 e. The minimum absolute atomic E-state index is 0.569. The predicted octanol–water partition coefficient (Wildman–Crippen LogP) is 3.65. The Balaban J connectivity index is 2.03. The largest absolute Gasteiger partial charge is 0.396 e. The zero-order valence-corrected chi connectivity index (χ0v) is 11.7. The summed E-state index contributed by atoms with van der Waals surface area (Å²) in [6, 6.07) is 16.6. The molecule has 2 N–H and O–H groups in total. The summed E-state index contributed by atoms with van der Waals surface area (Å²) in [5.74, 6) is 0. The standard InChI is InChI=1S/C16H11ClN4/c17-13-2-1-3-14(8-13)21-10-15(19)16(20-21)12-6-4-11(9-18)5-7-12/h1-8,10H,19H2. The van der Waals surface area contributed by atoms with E-state index in [9.17, 15) is 0 Å². The summed E-state index contributed by atoms with van der Waals surface area (Å²) in [6.45, 7) is 0. The molecule has 1 aromatic heterocycles. The first-order valence-corrected chi connectivity index (χ1v) is 6.67. The van der Waals surface area contributed by atoms with Gasteiger partial charge in [-0.2, -0.15) is 10.4 Å². The van der Waals surface area contributed by atoms with Crippen molar-refractivity contribution in [1.82, 2.24) is 9.78 Å². The van der Waals surface area contributed by atoms with E-state index >= 15 is 0 Å². The quantitative estimate of drug-likeness (QED) is 0.784. The van der Waals surface area contributed by atoms with Gasteiger partial charge in [0.05, 0.1) is 29.2 Å². The molecule has 0 saturated carbocycles. The Morgan fingerprint density at radius 2 is 1.90 bits per heavy atom. The summed E-state index contributed by atoms with van der Waals surface area (Å²) in [4.78, 5) is 0. The van der Waals surface area contributed by atoms with E-state index in [0.717, 1.165) is 11.3 Å². The maximum absolute atomic E-state index is 8.83. The van der Waals surface area contributed by atoms with Crippen molar-refractivity contribution in [2.24, 2.45) is 0 Å². The van der Waals surface area contributed by atoms with Crippen LogP contribution >= 0.6 is 11.6 Å². The molecule has 0 aliphatic carbocycles. The van der Waals surface area contributed by atoms with E-state index in [2.05, 4.69) is 11.2 Å². The summed E-state index contributed by atoms with van der Waals surface area (Å²) in [5.41, 5.74) is 9.60. The third-order valence-corrected chi connectivity index (χ3v) is 3.34. The molecule has 1 heterocycles. The van der Waals surface area contributed by atoms with E-state index in [4.69, 9.17) is 22.6 Å². The molecule has 0 aliphatic rings. The molecule has 0 amide bonds. The second-order valence-corrected chi connectivity index (χ2v) is 4.98. The summed E-state index contributed by atoms with van der Waals surface area (Å²) in [5, 5.41) is 14.0. The highest BCUT2D eigenvalue weighted by Crippen LogP contribution is 2.26. The number of nitrogens with two attached hydrogens (primary N) is 1. The lowest BCUT2D eigenvalue weighted by Gasteiger charge is -2.01. The summed E-state index contributed by atoms with van der Waals surface area (Å²) in [6.07, 6.45) is 1.75. The molecule has 5 heteroatoms. The molecule has 21 heavy (non-hydrogen) atoms. The van der Waals surface area contributed by atoms with Crippen LogP contribution in [0.4, 0.5) is 5.69 Å². The number of halogens is 1. The van der Waals surface area contributed by atoms with Crippen LogP contribution < -0.4 is 5.73 Å². The number of hydrogen-bond donors (Lipinski definition) is 1. The normalized spacial score (nSPS) is 10.3. The Bertz CT molecular complexity index is 828. The Morgan fingerprint density at radius 3 is 2.57 bits per heavy atom. The van der Waals surface area contributed by atoms with Crippen LogP contribution in [0.15, 0.2) is 54.7 Å². The summed E-state index contributed by atoms with van der Waals surface area (Å²) in [7, 11) is 0. The lowest BCUT2D eigenvalue weighted by Crippen LogP contribution is -1.94. The van der Waals surface area contributed by atoms with Crippen LogP contribution in [0.5, 0.6) is 0 Å². The lowest BCUT2D eigenvalue weighted by atomic mass is 10.1. The molecule has 2 aromatic carbocycles. The molecule has 0 saturated heterocycles. The van der Waals surface area contributed by atoms with Gasteiger partial charge in [0.25, 0.3) is 0 Å². The lowest BCUT2D eigenvalue weighted by molar-refractivity contribution is 0.884. The molecule has 102 valence electrons. The Labute approximate surface area is 127 Å². The van der Waals surface area contributed by atoms with Gasteiger partial charge in [0.1, 0.15) is 5.69 Å². The second kappa shape index (κ2) is 5.31. The maximum Gasteiger partial charge on any atom is 0.116 e. The highest BCUT2D eigenvalue weighted by Gasteiger charge is 2.10. The number of rotatable bonds is 2. The number of nitriles is 1. The maximum atomic E-state index is 8.83. The molecule has 0 bridgehead atoms. The molecule has 3 aromatic rings. The first-order chi connectivity index (χ1) is 10.2. The van der Waals surface area contributed by atoms with E-state index in [1.165, 1.54) is 0 Å². The highest BCUT2D eigenvalue weighted by atomic mass is 35.5. The van der Waals surface area contributed by atoms with Gasteiger partial charge in [-0.3, -0.25) is 0 Å². The fraction of sp³-hybridized carbons (Fsp3) is 0. The summed E-state index contributed by atoms with van der Waals surface area (Å²) < 4.78 is 1.69. The van der Waals surface area contributed by atoms with Gasteiger partial charge in [0.15, 0.2) is 0 Å². The van der Waals surface area contributed by atoms with Crippen molar-refractivity contribution in [2.45, 2.75) is 0 Å². The molecule has 0 atom stereocenters. The van der Waals surface area contributed by atoms with Crippen LogP contribution in [0.2, 0.25) is 5.02 Å². The van der Waals surface area contributed by atoms with E-state index in [1.54, 1.807) is 29.1 Å². The highest BCUT2D eigenvalue weighted by molar-refractivity contribution is 6.30. The van der Waals surface area contributed by atoms with Crippen molar-refractivity contribution in [1.29, 1.82) is 5.26 Å². The van der Waals surface area contributed by atoms with E-state index in [1.807, 2.05) is 30.3 Å². The van der Waals surface area contributed by atoms with Crippen LogP contribution in [0.1, 0.15) is 5.56 Å². The third-order valence-electron chi connectivity index (χ3n) is 3.10. The SMILES string of the molecule is N#Cc1ccc(-c2nn(-c3cccc(Cl)c3)cc2N)cc1. The van der Waals surface area contributed by atoms with Crippen molar-refractivity contribution in [3.63, 3.8) is 0 Å². The van der Waals surface area contributed by atoms with Gasteiger partial charge in [-0.15, -0.1) is 0 Å². The minimum atomic E-state index is 0.569. The molecular formula is C16H11ClN4. The van der Waals surface area contributed by atoms with Gasteiger partial charge < -0.3 is 5.73 Å². The number of hydrogen-bond acceptors (Lipinski definition) is 3. The van der Waals surface area contributed by atoms with Gasteiger partial charge in [0.2, 0.25) is 0 Å². The van der Waals surface area contributed by atoms with Crippen molar-refractivity contribution in [3.8, 4) is 23.0 Å². The van der Waals surface area contributed by atoms with E-state index in [0.29, 0.717) is 22.0 Å². The molecule has 3 rings (SSSR count). The third kappa shape index (κ3) is 2.60. The minimum Gasteiger partial charge on any atom is -0.396 e. The number of aromatic nitrogens is 2. The number of benzene rings is 2. The predicted molar refractivity (Wildman–Crippen MR) is 83.1 cm³/mol. The van der Waals surface area contributed by atoms with Crippen LogP contribution in [-0.2, 0) is 0 Å². The topological polar surface area (TPSA) is 67.6 Å². The van der Waals surface area contributed by atoms with E-state index in [-0.39, 0.29) is 0 Å². The number of anilines is 1. The Kier molecular flexibility index (Phi) is 3.35. The van der Waals surface area contributed by atoms with Crippen molar-refractivity contribution in [3.05, 3.63) is 65.3 Å². The Hall–Kier alpha value is -2.77. The zero-order chi connectivity index (χ0) is 14.8. The Morgan fingerprint density at radius 1 is 1.14 bits per heavy atom. The first-order valence-electron chi connectivity index (χ1n) is 6.29. The van der Waals surface area contributed by atoms with Crippen molar-refractivity contribution < 1.29 is 0 Å². The molecular weight excluding hydrogens is 284 g/mol. The fourth-order valence-electron chi connectivity index (χ4n) is 2.07. The van der Waals surface area contributed by atoms with Gasteiger partial charge >= 0.3 is 0 Å². The van der Waals surface area contributed by atoms with Gasteiger partial charge in [0, 0.05) is 10.6 Å². The van der Waals surface area contributed by atoms with Crippen LogP contribution in [0.3, 0.4) is 0 Å². The van der Waals surface area contributed by atoms with Gasteiger partial charge in [-0.25, -0.2) is 4.68 Å². The molecule has 0 aliphatic heterocycles. The fourth-order valence-corrected chi connectivity index (χ4v) is 2.25. The van der Waals surface area contributed by atoms with Crippen molar-refractivity contribution >= 4 is 17.3 Å². The van der Waals surface area contributed by atoms with Crippen LogP contribution in [-0.4, -0.2) is 9.78 Å². The molecule has 0 fully saturated rings. The molecule has 4 nitrogen and oxygen atoms in total. The van der Waals surface area contributed by atoms with Crippen LogP contribution in [0.25, 0.3) is 16.9 Å².